The molecule has 0 N–H and O–H groups in total. The lowest BCUT2D eigenvalue weighted by Gasteiger charge is -1.99. The maximum absolute atomic E-state index is 11.3. The van der Waals surface area contributed by atoms with Crippen molar-refractivity contribution < 1.29 is 0 Å². The number of aromatic nitrogens is 5. The number of aryl methyl sites for hydroxylation is 1. The normalized spacial score (nSPS) is 10.4. The lowest BCUT2D eigenvalue weighted by molar-refractivity contribution is 0.699. The summed E-state index contributed by atoms with van der Waals surface area (Å²) in [5, 5.41) is 7.65. The lowest BCUT2D eigenvalue weighted by atomic mass is 10.4. The van der Waals surface area contributed by atoms with Crippen molar-refractivity contribution in [3.05, 3.63) is 40.8 Å². The van der Waals surface area contributed by atoms with Crippen LogP contribution in [-0.2, 0) is 13.6 Å². The number of hydrogen-bond acceptors (Lipinski definition) is 4. The molecule has 0 aliphatic heterocycles. The van der Waals surface area contributed by atoms with E-state index in [1.165, 1.54) is 23.2 Å². The summed E-state index contributed by atoms with van der Waals surface area (Å²) in [4.78, 5) is 15.2. The third-order valence-corrected chi connectivity index (χ3v) is 1.77. The Kier molecular flexibility index (Phi) is 2.10. The van der Waals surface area contributed by atoms with Crippen LogP contribution in [0.1, 0.15) is 5.69 Å². The maximum atomic E-state index is 11.3. The van der Waals surface area contributed by atoms with Gasteiger partial charge in [-0.3, -0.25) is 14.0 Å². The average molecular weight is 191 g/mol. The zero-order valence-electron chi connectivity index (χ0n) is 7.66. The first-order valence-corrected chi connectivity index (χ1v) is 4.11. The van der Waals surface area contributed by atoms with Crippen molar-refractivity contribution in [2.75, 3.05) is 0 Å². The maximum Gasteiger partial charge on any atom is 0.253 e. The molecule has 0 aliphatic carbocycles. The van der Waals surface area contributed by atoms with Crippen LogP contribution in [0.25, 0.3) is 0 Å². The van der Waals surface area contributed by atoms with Crippen LogP contribution < -0.4 is 5.56 Å². The highest BCUT2D eigenvalue weighted by atomic mass is 16.1. The molecule has 0 unspecified atom stereocenters. The minimum Gasteiger partial charge on any atom is -0.293 e. The Morgan fingerprint density at radius 2 is 2.36 bits per heavy atom. The molecular formula is C8H9N5O. The molecule has 2 heterocycles. The highest BCUT2D eigenvalue weighted by Gasteiger charge is 2.00. The van der Waals surface area contributed by atoms with E-state index in [1.54, 1.807) is 17.9 Å². The van der Waals surface area contributed by atoms with Crippen LogP contribution in [-0.4, -0.2) is 24.5 Å². The first-order valence-electron chi connectivity index (χ1n) is 4.11. The molecule has 2 rings (SSSR count). The molecule has 6 nitrogen and oxygen atoms in total. The molecule has 14 heavy (non-hydrogen) atoms. The van der Waals surface area contributed by atoms with E-state index in [9.17, 15) is 4.79 Å². The average Bonchev–Trinajstić information content (AvgIpc) is 2.56. The fourth-order valence-corrected chi connectivity index (χ4v) is 1.14. The Bertz CT molecular complexity index is 486. The van der Waals surface area contributed by atoms with Gasteiger partial charge in [0.2, 0.25) is 0 Å². The van der Waals surface area contributed by atoms with Crippen molar-refractivity contribution in [2.45, 2.75) is 6.54 Å². The fourth-order valence-electron chi connectivity index (χ4n) is 1.14. The van der Waals surface area contributed by atoms with Gasteiger partial charge in [-0.25, -0.2) is 4.98 Å². The third kappa shape index (κ3) is 1.68. The highest BCUT2D eigenvalue weighted by Crippen LogP contribution is 1.92. The molecule has 0 amide bonds. The molecule has 0 aliphatic rings. The van der Waals surface area contributed by atoms with Crippen LogP contribution in [0, 0.1) is 0 Å². The summed E-state index contributed by atoms with van der Waals surface area (Å²) in [5.41, 5.74) is 0.647. The van der Waals surface area contributed by atoms with E-state index in [1.807, 2.05) is 0 Å². The largest absolute Gasteiger partial charge is 0.293 e. The lowest BCUT2D eigenvalue weighted by Crippen LogP contribution is -2.19. The monoisotopic (exact) mass is 191 g/mol. The predicted molar refractivity (Wildman–Crippen MR) is 48.6 cm³/mol. The fraction of sp³-hybridized carbons (Fsp3) is 0.250. The molecule has 6 heteroatoms. The van der Waals surface area contributed by atoms with Crippen LogP contribution in [0.4, 0.5) is 0 Å². The molecule has 2 aromatic heterocycles. The molecule has 0 spiro atoms. The summed E-state index contributed by atoms with van der Waals surface area (Å²) in [7, 11) is 1.78. The first-order chi connectivity index (χ1) is 6.75. The Morgan fingerprint density at radius 1 is 1.50 bits per heavy atom. The second-order valence-corrected chi connectivity index (χ2v) is 2.93. The van der Waals surface area contributed by atoms with Gasteiger partial charge in [-0.15, -0.1) is 5.10 Å². The Hall–Kier alpha value is -1.98. The number of hydrogen-bond donors (Lipinski definition) is 0. The molecule has 0 saturated carbocycles. The molecule has 0 atom stereocenters. The molecule has 0 fully saturated rings. The minimum absolute atomic E-state index is 0.0920. The predicted octanol–water partition coefficient (Wildman–Crippen LogP) is -0.580. The van der Waals surface area contributed by atoms with Crippen molar-refractivity contribution in [3.63, 3.8) is 0 Å². The van der Waals surface area contributed by atoms with Crippen LogP contribution in [0.15, 0.2) is 29.6 Å². The molecule has 0 radical (unpaired) electrons. The summed E-state index contributed by atoms with van der Waals surface area (Å²) in [6.07, 6.45) is 4.71. The molecule has 2 aromatic rings. The van der Waals surface area contributed by atoms with Gasteiger partial charge < -0.3 is 0 Å². The van der Waals surface area contributed by atoms with Crippen molar-refractivity contribution in [1.29, 1.82) is 0 Å². The second kappa shape index (κ2) is 3.41. The van der Waals surface area contributed by atoms with Crippen LogP contribution >= 0.6 is 0 Å². The zero-order valence-corrected chi connectivity index (χ0v) is 7.66. The molecule has 0 bridgehead atoms. The second-order valence-electron chi connectivity index (χ2n) is 2.93. The molecule has 0 saturated heterocycles. The van der Waals surface area contributed by atoms with Gasteiger partial charge in [0, 0.05) is 25.5 Å². The van der Waals surface area contributed by atoms with Gasteiger partial charge in [0.25, 0.3) is 5.56 Å². The first kappa shape index (κ1) is 8.61. The van der Waals surface area contributed by atoms with E-state index in [0.717, 1.165) is 5.69 Å². The van der Waals surface area contributed by atoms with Crippen LogP contribution in [0.5, 0.6) is 0 Å². The Morgan fingerprint density at radius 3 is 3.00 bits per heavy atom. The Balaban J connectivity index is 2.27. The van der Waals surface area contributed by atoms with E-state index in [2.05, 4.69) is 15.3 Å². The summed E-state index contributed by atoms with van der Waals surface area (Å²) in [6, 6.07) is 1.41. The summed E-state index contributed by atoms with van der Waals surface area (Å²) in [5.74, 6) is 0. The van der Waals surface area contributed by atoms with Gasteiger partial charge in [-0.1, -0.05) is 5.21 Å². The standard InChI is InChI=1S/C8H9N5O/c1-12-4-7(10-11-12)5-13-6-9-3-2-8(13)14/h2-4,6H,5H2,1H3. The van der Waals surface area contributed by atoms with Gasteiger partial charge in [0.05, 0.1) is 12.9 Å². The van der Waals surface area contributed by atoms with Crippen LogP contribution in [0.2, 0.25) is 0 Å². The van der Waals surface area contributed by atoms with E-state index in [4.69, 9.17) is 0 Å². The van der Waals surface area contributed by atoms with Crippen molar-refractivity contribution in [2.24, 2.45) is 7.05 Å². The van der Waals surface area contributed by atoms with Crippen molar-refractivity contribution in [1.82, 2.24) is 24.5 Å². The van der Waals surface area contributed by atoms with Gasteiger partial charge in [-0.05, 0) is 0 Å². The summed E-state index contributed by atoms with van der Waals surface area (Å²) in [6.45, 7) is 0.403. The van der Waals surface area contributed by atoms with Crippen LogP contribution in [0.3, 0.4) is 0 Å². The van der Waals surface area contributed by atoms with Crippen molar-refractivity contribution >= 4 is 0 Å². The van der Waals surface area contributed by atoms with Gasteiger partial charge >= 0.3 is 0 Å². The third-order valence-electron chi connectivity index (χ3n) is 1.77. The summed E-state index contributed by atoms with van der Waals surface area (Å²) < 4.78 is 3.07. The van der Waals surface area contributed by atoms with Gasteiger partial charge in [0.15, 0.2) is 0 Å². The zero-order chi connectivity index (χ0) is 9.97. The molecule has 72 valence electrons. The summed E-state index contributed by atoms with van der Waals surface area (Å²) >= 11 is 0. The Labute approximate surface area is 79.8 Å². The topological polar surface area (TPSA) is 65.6 Å². The SMILES string of the molecule is Cn1cc(Cn2cnccc2=O)nn1. The van der Waals surface area contributed by atoms with Gasteiger partial charge in [0.1, 0.15) is 5.69 Å². The molecular weight excluding hydrogens is 182 g/mol. The van der Waals surface area contributed by atoms with E-state index < -0.39 is 0 Å². The van der Waals surface area contributed by atoms with E-state index in [-0.39, 0.29) is 5.56 Å². The van der Waals surface area contributed by atoms with Gasteiger partial charge in [-0.2, -0.15) is 0 Å². The smallest absolute Gasteiger partial charge is 0.253 e. The number of rotatable bonds is 2. The minimum atomic E-state index is -0.0920. The van der Waals surface area contributed by atoms with E-state index in [0.29, 0.717) is 6.54 Å². The van der Waals surface area contributed by atoms with Crippen molar-refractivity contribution in [3.8, 4) is 0 Å². The molecule has 0 aromatic carbocycles. The van der Waals surface area contributed by atoms with E-state index >= 15 is 0 Å². The number of nitrogens with zero attached hydrogens (tertiary/aromatic N) is 5. The highest BCUT2D eigenvalue weighted by molar-refractivity contribution is 4.94. The quantitative estimate of drug-likeness (QED) is 0.637.